The molecule has 5 aromatic rings. The predicted octanol–water partition coefficient (Wildman–Crippen LogP) is 6.73. The predicted molar refractivity (Wildman–Crippen MR) is 200 cm³/mol. The molecule has 2 aromatic heterocycles. The summed E-state index contributed by atoms with van der Waals surface area (Å²) in [5, 5.41) is 32.4. The summed E-state index contributed by atoms with van der Waals surface area (Å²) >= 11 is 0. The van der Waals surface area contributed by atoms with Crippen molar-refractivity contribution in [1.29, 1.82) is 5.26 Å². The van der Waals surface area contributed by atoms with Crippen LogP contribution in [0.15, 0.2) is 52.9 Å². The Balaban J connectivity index is 1.08. The number of carbonyl (C=O) groups is 1. The second kappa shape index (κ2) is 14.8. The molecule has 0 unspecified atom stereocenters. The molecule has 0 saturated carbocycles. The summed E-state index contributed by atoms with van der Waals surface area (Å²) in [7, 11) is 1.35. The summed E-state index contributed by atoms with van der Waals surface area (Å²) < 4.78 is 55.1. The highest BCUT2D eigenvalue weighted by Gasteiger charge is 2.40. The normalized spacial score (nSPS) is 20.1. The van der Waals surface area contributed by atoms with Crippen molar-refractivity contribution in [3.05, 3.63) is 87.7 Å². The standard InChI is InChI=1S/C41H40F3N7O5/c1-22-27(5-3-6-28(22)38-48-33-16-23(15-25(17-45)35(33)56-38)18-50-13-11-24(19-50)40(53)54)29-7-4-8-31-30(29)9-10-32(31)47-37-36(41(42,43)44)46-34(39(49-37)55-2)21-51-14-12-26(52)20-51/h3-8,15-16,24,26,32,52H,9-14,18-21H2,1-2H3,(H,47,49)(H,53,54)/t24-,26-,32-/m1/s1. The van der Waals surface area contributed by atoms with Gasteiger partial charge in [0.1, 0.15) is 17.3 Å². The number of nitrogens with zero attached hydrogens (tertiary/aromatic N) is 6. The van der Waals surface area contributed by atoms with Crippen LogP contribution in [0.3, 0.4) is 0 Å². The van der Waals surface area contributed by atoms with Crippen LogP contribution in [-0.4, -0.2) is 80.3 Å². The number of oxazole rings is 1. The third kappa shape index (κ3) is 7.15. The van der Waals surface area contributed by atoms with Gasteiger partial charge in [-0.25, -0.2) is 9.97 Å². The number of halogens is 3. The first-order valence-electron chi connectivity index (χ1n) is 18.6. The number of carboxylic acid groups (broad SMARTS) is 1. The summed E-state index contributed by atoms with van der Waals surface area (Å²) in [5.41, 5.74) is 6.37. The number of aliphatic hydroxyl groups excluding tert-OH is 1. The lowest BCUT2D eigenvalue weighted by atomic mass is 9.91. The van der Waals surface area contributed by atoms with E-state index in [-0.39, 0.29) is 18.1 Å². The molecule has 290 valence electrons. The van der Waals surface area contributed by atoms with Crippen LogP contribution in [0.4, 0.5) is 19.0 Å². The van der Waals surface area contributed by atoms with Crippen molar-refractivity contribution in [2.24, 2.45) is 5.92 Å². The van der Waals surface area contributed by atoms with Crippen molar-refractivity contribution >= 4 is 22.9 Å². The topological polar surface area (TPSA) is 161 Å². The third-order valence-corrected chi connectivity index (χ3v) is 11.1. The number of anilines is 1. The van der Waals surface area contributed by atoms with E-state index in [1.54, 1.807) is 6.07 Å². The fourth-order valence-corrected chi connectivity index (χ4v) is 8.38. The number of hydrogen-bond donors (Lipinski definition) is 3. The second-order valence-corrected chi connectivity index (χ2v) is 14.8. The fraction of sp³-hybridized carbons (Fsp3) is 0.390. The van der Waals surface area contributed by atoms with Crippen LogP contribution in [0.2, 0.25) is 0 Å². The Kier molecular flexibility index (Phi) is 9.90. The summed E-state index contributed by atoms with van der Waals surface area (Å²) in [5.74, 6) is -1.26. The van der Waals surface area contributed by atoms with Gasteiger partial charge >= 0.3 is 12.1 Å². The molecule has 2 saturated heterocycles. The number of likely N-dealkylation sites (tertiary alicyclic amines) is 2. The lowest BCUT2D eigenvalue weighted by Gasteiger charge is -2.22. The highest BCUT2D eigenvalue weighted by Crippen LogP contribution is 2.44. The van der Waals surface area contributed by atoms with E-state index in [1.807, 2.05) is 54.3 Å². The van der Waals surface area contributed by atoms with Crippen LogP contribution in [0.1, 0.15) is 64.5 Å². The van der Waals surface area contributed by atoms with E-state index < -0.39 is 41.7 Å². The van der Waals surface area contributed by atoms with Crippen molar-refractivity contribution < 1.29 is 37.3 Å². The van der Waals surface area contributed by atoms with Gasteiger partial charge in [0.05, 0.1) is 30.7 Å². The molecule has 2 fully saturated rings. The van der Waals surface area contributed by atoms with Crippen molar-refractivity contribution in [1.82, 2.24) is 24.8 Å². The fourth-order valence-electron chi connectivity index (χ4n) is 8.38. The van der Waals surface area contributed by atoms with E-state index in [4.69, 9.17) is 14.1 Å². The van der Waals surface area contributed by atoms with Crippen LogP contribution in [0.5, 0.6) is 5.88 Å². The number of fused-ring (bicyclic) bond motifs is 2. The number of β-amino-alcohol motifs (C(OH)–C–C–N with tert-alkyl or cyclic N) is 1. The molecule has 12 nitrogen and oxygen atoms in total. The largest absolute Gasteiger partial charge is 0.481 e. The molecular formula is C41H40F3N7O5. The molecule has 15 heteroatoms. The van der Waals surface area contributed by atoms with Gasteiger partial charge < -0.3 is 24.7 Å². The summed E-state index contributed by atoms with van der Waals surface area (Å²) in [6.07, 6.45) is -3.06. The zero-order chi connectivity index (χ0) is 39.3. The molecular weight excluding hydrogens is 727 g/mol. The number of aromatic nitrogens is 3. The zero-order valence-electron chi connectivity index (χ0n) is 30.9. The van der Waals surface area contributed by atoms with Crippen LogP contribution in [-0.2, 0) is 30.5 Å². The molecule has 2 aliphatic heterocycles. The van der Waals surface area contributed by atoms with E-state index in [0.717, 1.165) is 38.9 Å². The van der Waals surface area contributed by atoms with Gasteiger partial charge in [-0.3, -0.25) is 14.6 Å². The first-order chi connectivity index (χ1) is 26.9. The maximum atomic E-state index is 14.5. The van der Waals surface area contributed by atoms with Crippen molar-refractivity contribution in [2.75, 3.05) is 38.6 Å². The number of nitriles is 1. The highest BCUT2D eigenvalue weighted by molar-refractivity contribution is 5.85. The first-order valence-corrected chi connectivity index (χ1v) is 18.6. The monoisotopic (exact) mass is 767 g/mol. The SMILES string of the molecule is COc1nc(N[C@@H]2CCc3c(-c4cccc(-c5nc6cc(CN7CC[C@@H](C(=O)O)C7)cc(C#N)c6o5)c4C)cccc32)c(C(F)(F)F)nc1CN1CC[C@@H](O)C1. The smallest absolute Gasteiger partial charge is 0.437 e. The minimum absolute atomic E-state index is 0.000849. The summed E-state index contributed by atoms with van der Waals surface area (Å²) in [4.78, 5) is 28.5. The molecule has 8 rings (SSSR count). The number of benzene rings is 3. The number of aliphatic hydroxyl groups is 1. The van der Waals surface area contributed by atoms with Crippen LogP contribution < -0.4 is 10.1 Å². The molecule has 0 radical (unpaired) electrons. The Hall–Kier alpha value is -5.56. The average Bonchev–Trinajstić information content (AvgIpc) is 3.99. The first kappa shape index (κ1) is 37.4. The van der Waals surface area contributed by atoms with E-state index in [1.165, 1.54) is 7.11 Å². The van der Waals surface area contributed by atoms with E-state index >= 15 is 0 Å². The van der Waals surface area contributed by atoms with Gasteiger partial charge in [-0.05, 0) is 90.7 Å². The van der Waals surface area contributed by atoms with E-state index in [0.29, 0.717) is 81.0 Å². The molecule has 0 spiro atoms. The van der Waals surface area contributed by atoms with Crippen LogP contribution in [0.25, 0.3) is 33.7 Å². The third-order valence-electron chi connectivity index (χ3n) is 11.1. The molecule has 3 aromatic carbocycles. The lowest BCUT2D eigenvalue weighted by molar-refractivity contribution is -0.142. The number of ether oxygens (including phenoxy) is 1. The molecule has 4 heterocycles. The Bertz CT molecular complexity index is 2370. The number of hydrogen-bond acceptors (Lipinski definition) is 11. The lowest BCUT2D eigenvalue weighted by Crippen LogP contribution is -2.25. The van der Waals surface area contributed by atoms with E-state index in [9.17, 15) is 33.4 Å². The van der Waals surface area contributed by atoms with Gasteiger partial charge in [0, 0.05) is 38.3 Å². The van der Waals surface area contributed by atoms with Gasteiger partial charge in [-0.1, -0.05) is 30.3 Å². The molecule has 3 atom stereocenters. The zero-order valence-corrected chi connectivity index (χ0v) is 30.9. The Morgan fingerprint density at radius 3 is 2.48 bits per heavy atom. The molecule has 0 amide bonds. The second-order valence-electron chi connectivity index (χ2n) is 14.8. The molecule has 3 N–H and O–H groups in total. The van der Waals surface area contributed by atoms with Crippen molar-refractivity contribution in [3.8, 4) is 34.5 Å². The van der Waals surface area contributed by atoms with Gasteiger partial charge in [-0.2, -0.15) is 23.4 Å². The number of methoxy groups -OCH3 is 1. The number of carboxylic acids is 1. The van der Waals surface area contributed by atoms with Gasteiger partial charge in [0.15, 0.2) is 17.1 Å². The molecule has 56 heavy (non-hydrogen) atoms. The van der Waals surface area contributed by atoms with Gasteiger partial charge in [0.25, 0.3) is 0 Å². The van der Waals surface area contributed by atoms with Crippen LogP contribution >= 0.6 is 0 Å². The summed E-state index contributed by atoms with van der Waals surface area (Å²) in [6.45, 7) is 4.51. The Morgan fingerprint density at radius 1 is 1.02 bits per heavy atom. The van der Waals surface area contributed by atoms with Crippen molar-refractivity contribution in [3.63, 3.8) is 0 Å². The van der Waals surface area contributed by atoms with Gasteiger partial charge in [0.2, 0.25) is 11.8 Å². The number of rotatable bonds is 10. The summed E-state index contributed by atoms with van der Waals surface area (Å²) in [6, 6.07) is 17.0. The Labute approximate surface area is 320 Å². The minimum Gasteiger partial charge on any atom is -0.481 e. The van der Waals surface area contributed by atoms with Crippen molar-refractivity contribution in [2.45, 2.75) is 64.0 Å². The number of nitrogens with one attached hydrogen (secondary N) is 1. The molecule has 0 bridgehead atoms. The maximum absolute atomic E-state index is 14.5. The van der Waals surface area contributed by atoms with Crippen LogP contribution in [0, 0.1) is 24.2 Å². The maximum Gasteiger partial charge on any atom is 0.437 e. The molecule has 1 aliphatic carbocycles. The quantitative estimate of drug-likeness (QED) is 0.138. The number of aliphatic carboxylic acids is 1. The molecule has 3 aliphatic rings. The minimum atomic E-state index is -4.78. The van der Waals surface area contributed by atoms with E-state index in [2.05, 4.69) is 26.3 Å². The van der Waals surface area contributed by atoms with Gasteiger partial charge in [-0.15, -0.1) is 0 Å². The average molecular weight is 768 g/mol. The highest BCUT2D eigenvalue weighted by atomic mass is 19.4. The Morgan fingerprint density at radius 2 is 1.77 bits per heavy atom. The number of alkyl halides is 3.